The minimum absolute atomic E-state index is 0.1000. The van der Waals surface area contributed by atoms with E-state index < -0.39 is 25.6 Å². The zero-order chi connectivity index (χ0) is 23.5. The van der Waals surface area contributed by atoms with Crippen molar-refractivity contribution in [1.82, 2.24) is 4.57 Å². The third kappa shape index (κ3) is 5.34. The molecule has 1 amide bonds. The molecular weight excluding hydrogens is 472 g/mol. The van der Waals surface area contributed by atoms with Crippen LogP contribution in [0.5, 0.6) is 5.75 Å². The number of methoxy groups -OCH3 is 1. The fourth-order valence-corrected chi connectivity index (χ4v) is 6.01. The van der Waals surface area contributed by atoms with E-state index in [-0.39, 0.29) is 22.0 Å². The Bertz CT molecular complexity index is 1450. The number of carbonyl (C=O) groups excluding carboxylic acids is 1. The van der Waals surface area contributed by atoms with Crippen molar-refractivity contribution in [1.29, 1.82) is 0 Å². The highest BCUT2D eigenvalue weighted by molar-refractivity contribution is 7.91. The van der Waals surface area contributed by atoms with E-state index in [9.17, 15) is 21.6 Å². The van der Waals surface area contributed by atoms with Gasteiger partial charge < -0.3 is 9.30 Å². The first-order valence-electron chi connectivity index (χ1n) is 9.44. The van der Waals surface area contributed by atoms with Crippen molar-refractivity contribution >= 4 is 47.1 Å². The molecular formula is C21H22N2O6S3. The quantitative estimate of drug-likeness (QED) is 0.445. The van der Waals surface area contributed by atoms with Crippen molar-refractivity contribution < 1.29 is 26.4 Å². The van der Waals surface area contributed by atoms with Gasteiger partial charge in [0.15, 0.2) is 24.5 Å². The number of hydrogen-bond donors (Lipinski definition) is 0. The van der Waals surface area contributed by atoms with Gasteiger partial charge in [-0.15, -0.1) is 6.58 Å². The average molecular weight is 495 g/mol. The minimum Gasteiger partial charge on any atom is -0.497 e. The lowest BCUT2D eigenvalue weighted by atomic mass is 10.3. The number of rotatable bonds is 8. The largest absolute Gasteiger partial charge is 0.497 e. The van der Waals surface area contributed by atoms with Crippen molar-refractivity contribution in [3.63, 3.8) is 0 Å². The van der Waals surface area contributed by atoms with Gasteiger partial charge in [0.1, 0.15) is 5.75 Å². The Balaban J connectivity index is 1.89. The van der Waals surface area contributed by atoms with Crippen molar-refractivity contribution in [2.24, 2.45) is 4.99 Å². The Morgan fingerprint density at radius 3 is 2.38 bits per heavy atom. The molecule has 0 aliphatic carbocycles. The Kier molecular flexibility index (Phi) is 7.01. The van der Waals surface area contributed by atoms with Gasteiger partial charge in [0.05, 0.1) is 32.9 Å². The zero-order valence-electron chi connectivity index (χ0n) is 17.5. The van der Waals surface area contributed by atoms with Gasteiger partial charge in [0, 0.05) is 19.2 Å². The summed E-state index contributed by atoms with van der Waals surface area (Å²) >= 11 is 1.16. The molecule has 1 heterocycles. The number of benzene rings is 2. The number of nitrogens with zero attached hydrogens (tertiary/aromatic N) is 2. The number of aromatic nitrogens is 1. The monoisotopic (exact) mass is 494 g/mol. The second-order valence-electron chi connectivity index (χ2n) is 6.94. The Morgan fingerprint density at radius 1 is 1.12 bits per heavy atom. The molecule has 0 fully saturated rings. The Hall–Kier alpha value is -2.76. The third-order valence-electron chi connectivity index (χ3n) is 4.62. The molecule has 2 aromatic carbocycles. The highest BCUT2D eigenvalue weighted by Crippen LogP contribution is 2.22. The summed E-state index contributed by atoms with van der Waals surface area (Å²) in [5.74, 6) is -0.438. The van der Waals surface area contributed by atoms with Gasteiger partial charge in [-0.25, -0.2) is 16.8 Å². The molecule has 0 radical (unpaired) electrons. The molecule has 0 N–H and O–H groups in total. The molecule has 0 saturated carbocycles. The number of carbonyl (C=O) groups is 1. The van der Waals surface area contributed by atoms with Crippen LogP contribution < -0.4 is 9.54 Å². The van der Waals surface area contributed by atoms with E-state index in [1.54, 1.807) is 28.8 Å². The van der Waals surface area contributed by atoms with Crippen molar-refractivity contribution in [2.45, 2.75) is 22.8 Å². The molecule has 0 aliphatic heterocycles. The van der Waals surface area contributed by atoms with Crippen LogP contribution in [-0.2, 0) is 31.0 Å². The second-order valence-corrected chi connectivity index (χ2v) is 12.1. The van der Waals surface area contributed by atoms with E-state index in [0.29, 0.717) is 27.3 Å². The smallest absolute Gasteiger partial charge is 0.249 e. The first kappa shape index (κ1) is 23.9. The third-order valence-corrected chi connectivity index (χ3v) is 8.50. The molecule has 3 aromatic rings. The lowest BCUT2D eigenvalue weighted by molar-refractivity contribution is -0.117. The van der Waals surface area contributed by atoms with Crippen molar-refractivity contribution in [2.75, 3.05) is 19.1 Å². The van der Waals surface area contributed by atoms with Crippen molar-refractivity contribution in [3.8, 4) is 5.75 Å². The maximum absolute atomic E-state index is 12.5. The first-order chi connectivity index (χ1) is 15.0. The summed E-state index contributed by atoms with van der Waals surface area (Å²) in [5.41, 5.74) is 0.708. The number of allylic oxidation sites excluding steroid dienone is 1. The topological polar surface area (TPSA) is 112 Å². The van der Waals surface area contributed by atoms with Crippen LogP contribution in [0.1, 0.15) is 6.42 Å². The van der Waals surface area contributed by atoms with E-state index in [4.69, 9.17) is 4.74 Å². The van der Waals surface area contributed by atoms with Gasteiger partial charge in [-0.3, -0.25) is 4.79 Å². The predicted octanol–water partition coefficient (Wildman–Crippen LogP) is 2.59. The Labute approximate surface area is 190 Å². The molecule has 8 nitrogen and oxygen atoms in total. The summed E-state index contributed by atoms with van der Waals surface area (Å²) in [6.45, 7) is 4.06. The maximum atomic E-state index is 12.5. The van der Waals surface area contributed by atoms with E-state index >= 15 is 0 Å². The van der Waals surface area contributed by atoms with Gasteiger partial charge >= 0.3 is 0 Å². The van der Waals surface area contributed by atoms with Crippen LogP contribution in [0.25, 0.3) is 10.2 Å². The number of hydrogen-bond acceptors (Lipinski definition) is 7. The van der Waals surface area contributed by atoms with Crippen LogP contribution in [0, 0.1) is 0 Å². The molecule has 0 atom stereocenters. The van der Waals surface area contributed by atoms with Gasteiger partial charge in [-0.2, -0.15) is 4.99 Å². The van der Waals surface area contributed by atoms with E-state index in [1.807, 2.05) is 0 Å². The molecule has 32 heavy (non-hydrogen) atoms. The van der Waals surface area contributed by atoms with Crippen LogP contribution in [-0.4, -0.2) is 46.4 Å². The van der Waals surface area contributed by atoms with Crippen LogP contribution in [0.15, 0.2) is 69.9 Å². The van der Waals surface area contributed by atoms with Gasteiger partial charge in [0.25, 0.3) is 0 Å². The number of thiazole rings is 1. The normalized spacial score (nSPS) is 12.8. The molecule has 0 aliphatic rings. The summed E-state index contributed by atoms with van der Waals surface area (Å²) < 4.78 is 56.1. The fraction of sp³-hybridized carbons (Fsp3) is 0.238. The van der Waals surface area contributed by atoms with E-state index in [0.717, 1.165) is 17.6 Å². The second kappa shape index (κ2) is 9.39. The molecule has 11 heteroatoms. The highest BCUT2D eigenvalue weighted by Gasteiger charge is 2.17. The molecule has 0 bridgehead atoms. The summed E-state index contributed by atoms with van der Waals surface area (Å²) in [6, 6.07) is 10.6. The van der Waals surface area contributed by atoms with Gasteiger partial charge in [0.2, 0.25) is 5.91 Å². The average Bonchev–Trinajstić information content (AvgIpc) is 3.08. The van der Waals surface area contributed by atoms with E-state index in [2.05, 4.69) is 11.6 Å². The zero-order valence-corrected chi connectivity index (χ0v) is 20.0. The molecule has 170 valence electrons. The number of sulfone groups is 2. The van der Waals surface area contributed by atoms with Crippen LogP contribution in [0.3, 0.4) is 0 Å². The summed E-state index contributed by atoms with van der Waals surface area (Å²) in [6.07, 6.45) is 2.47. The summed E-state index contributed by atoms with van der Waals surface area (Å²) in [7, 11) is -5.56. The molecule has 1 aromatic heterocycles. The highest BCUT2D eigenvalue weighted by atomic mass is 32.2. The lowest BCUT2D eigenvalue weighted by Crippen LogP contribution is -2.17. The number of ether oxygens (including phenoxy) is 1. The van der Waals surface area contributed by atoms with Crippen LogP contribution in [0.2, 0.25) is 0 Å². The molecule has 0 spiro atoms. The minimum atomic E-state index is -3.66. The van der Waals surface area contributed by atoms with Crippen molar-refractivity contribution in [3.05, 3.63) is 59.9 Å². The van der Waals surface area contributed by atoms with Gasteiger partial charge in [-0.1, -0.05) is 17.4 Å². The van der Waals surface area contributed by atoms with Gasteiger partial charge in [-0.05, 0) is 42.5 Å². The Morgan fingerprint density at radius 2 is 1.78 bits per heavy atom. The lowest BCUT2D eigenvalue weighted by Gasteiger charge is -2.04. The first-order valence-corrected chi connectivity index (χ1v) is 13.8. The number of amides is 1. The SMILES string of the molecule is C=CCn1c(=NC(=O)CCS(=O)(=O)c2ccc(OC)cc2)sc2cc(S(C)(=O)=O)ccc21. The number of fused-ring (bicyclic) bond motifs is 1. The van der Waals surface area contributed by atoms with Crippen LogP contribution in [0.4, 0.5) is 0 Å². The standard InChI is InChI=1S/C21H22N2O6S3/c1-4-12-23-18-10-9-17(31(3,25)26)14-19(18)30-21(23)22-20(24)11-13-32(27,28)16-7-5-15(29-2)6-8-16/h4-10,14H,1,11-13H2,2-3H3. The van der Waals surface area contributed by atoms with E-state index in [1.165, 1.54) is 31.4 Å². The predicted molar refractivity (Wildman–Crippen MR) is 123 cm³/mol. The fourth-order valence-electron chi connectivity index (χ4n) is 2.96. The van der Waals surface area contributed by atoms with Crippen LogP contribution >= 0.6 is 11.3 Å². The summed E-state index contributed by atoms with van der Waals surface area (Å²) in [5, 5.41) is 0. The molecule has 0 saturated heterocycles. The maximum Gasteiger partial charge on any atom is 0.249 e. The summed E-state index contributed by atoms with van der Waals surface area (Å²) in [4.78, 5) is 17.2. The molecule has 3 rings (SSSR count). The molecule has 0 unspecified atom stereocenters.